The molecule has 3 aromatic heterocycles. The normalized spacial score (nSPS) is 18.5. The van der Waals surface area contributed by atoms with E-state index in [4.69, 9.17) is 10.5 Å². The monoisotopic (exact) mass is 465 g/mol. The van der Waals surface area contributed by atoms with Crippen molar-refractivity contribution in [1.82, 2.24) is 30.2 Å². The van der Waals surface area contributed by atoms with Crippen molar-refractivity contribution < 1.29 is 14.3 Å². The minimum Gasteiger partial charge on any atom is -0.481 e. The molecule has 0 bridgehead atoms. The van der Waals surface area contributed by atoms with Crippen molar-refractivity contribution in [1.29, 1.82) is 0 Å². The third-order valence-electron chi connectivity index (χ3n) is 6.15. The standard InChI is InChI=1S/C24H31N7O3/c1-24(2,3)23(33)30-16-7-5-15(6-8-16)29-22(32)17-12-18(14-9-10-26-19(11-14)34-4)31-20(17)21(25)27-13-28-31/h9-13,15-16H,5-8H2,1-4H3,(H,29,32)(H,30,33)(H2,25,27,28). The Morgan fingerprint density at radius 2 is 1.76 bits per heavy atom. The molecule has 1 aliphatic rings. The van der Waals surface area contributed by atoms with Gasteiger partial charge in [0.15, 0.2) is 5.82 Å². The van der Waals surface area contributed by atoms with E-state index in [2.05, 4.69) is 25.7 Å². The Kier molecular flexibility index (Phi) is 6.41. The van der Waals surface area contributed by atoms with Crippen molar-refractivity contribution in [3.05, 3.63) is 36.3 Å². The molecular weight excluding hydrogens is 434 g/mol. The van der Waals surface area contributed by atoms with Gasteiger partial charge in [0.25, 0.3) is 5.91 Å². The number of rotatable bonds is 5. The molecule has 1 aliphatic carbocycles. The molecule has 1 fully saturated rings. The fourth-order valence-electron chi connectivity index (χ4n) is 4.17. The molecule has 34 heavy (non-hydrogen) atoms. The van der Waals surface area contributed by atoms with E-state index in [9.17, 15) is 9.59 Å². The number of nitrogens with one attached hydrogen (secondary N) is 2. The minimum atomic E-state index is -0.417. The molecule has 0 atom stereocenters. The zero-order chi connectivity index (χ0) is 24.5. The number of fused-ring (bicyclic) bond motifs is 1. The summed E-state index contributed by atoms with van der Waals surface area (Å²) < 4.78 is 6.85. The van der Waals surface area contributed by atoms with Crippen molar-refractivity contribution in [3.8, 4) is 17.1 Å². The molecule has 3 aromatic rings. The highest BCUT2D eigenvalue weighted by atomic mass is 16.5. The first kappa shape index (κ1) is 23.5. The Morgan fingerprint density at radius 3 is 2.41 bits per heavy atom. The lowest BCUT2D eigenvalue weighted by atomic mass is 9.89. The molecule has 0 aliphatic heterocycles. The van der Waals surface area contributed by atoms with E-state index in [0.29, 0.717) is 22.7 Å². The van der Waals surface area contributed by atoms with Gasteiger partial charge in [0, 0.05) is 35.3 Å². The summed E-state index contributed by atoms with van der Waals surface area (Å²) in [5.41, 5.74) is 8.06. The van der Waals surface area contributed by atoms with Crippen LogP contribution >= 0.6 is 0 Å². The average Bonchev–Trinajstić information content (AvgIpc) is 3.21. The van der Waals surface area contributed by atoms with Crippen molar-refractivity contribution in [2.24, 2.45) is 5.41 Å². The maximum Gasteiger partial charge on any atom is 0.253 e. The molecule has 10 nitrogen and oxygen atoms in total. The second-order valence-electron chi connectivity index (χ2n) is 9.68. The van der Waals surface area contributed by atoms with Crippen LogP contribution in [0.25, 0.3) is 16.8 Å². The van der Waals surface area contributed by atoms with E-state index in [1.54, 1.807) is 30.0 Å². The van der Waals surface area contributed by atoms with Gasteiger partial charge in [-0.25, -0.2) is 14.5 Å². The fraction of sp³-hybridized carbons (Fsp3) is 0.458. The number of hydrogen-bond acceptors (Lipinski definition) is 7. The molecule has 0 aromatic carbocycles. The number of nitrogen functional groups attached to an aromatic ring is 1. The van der Waals surface area contributed by atoms with E-state index < -0.39 is 5.41 Å². The van der Waals surface area contributed by atoms with Crippen LogP contribution in [0.5, 0.6) is 5.88 Å². The molecular formula is C24H31N7O3. The molecule has 180 valence electrons. The Hall–Kier alpha value is -3.69. The van der Waals surface area contributed by atoms with Crippen LogP contribution in [0, 0.1) is 5.41 Å². The lowest BCUT2D eigenvalue weighted by Crippen LogP contribution is -2.46. The average molecular weight is 466 g/mol. The summed E-state index contributed by atoms with van der Waals surface area (Å²) in [5, 5.41) is 10.6. The molecule has 4 N–H and O–H groups in total. The number of ether oxygens (including phenoxy) is 1. The second-order valence-corrected chi connectivity index (χ2v) is 9.68. The molecule has 0 spiro atoms. The van der Waals surface area contributed by atoms with E-state index in [1.165, 1.54) is 6.33 Å². The quantitative estimate of drug-likeness (QED) is 0.527. The zero-order valence-corrected chi connectivity index (χ0v) is 20.0. The smallest absolute Gasteiger partial charge is 0.253 e. The number of carbonyl (C=O) groups is 2. The number of anilines is 1. The first-order valence-electron chi connectivity index (χ1n) is 11.4. The van der Waals surface area contributed by atoms with Crippen LogP contribution in [0.2, 0.25) is 0 Å². The van der Waals surface area contributed by atoms with E-state index in [1.807, 2.05) is 26.8 Å². The van der Waals surface area contributed by atoms with E-state index in [0.717, 1.165) is 31.2 Å². The number of nitrogens with zero attached hydrogens (tertiary/aromatic N) is 4. The number of aromatic nitrogens is 4. The van der Waals surface area contributed by atoms with Gasteiger partial charge >= 0.3 is 0 Å². The van der Waals surface area contributed by atoms with E-state index >= 15 is 0 Å². The van der Waals surface area contributed by atoms with E-state index in [-0.39, 0.29) is 29.7 Å². The SMILES string of the molecule is COc1cc(-c2cc(C(=O)NC3CCC(NC(=O)C(C)(C)C)CC3)c3c(N)ncnn23)ccn1. The van der Waals surface area contributed by atoms with Gasteiger partial charge in [-0.2, -0.15) is 5.10 Å². The van der Waals surface area contributed by atoms with Crippen molar-refractivity contribution in [2.75, 3.05) is 12.8 Å². The largest absolute Gasteiger partial charge is 0.481 e. The van der Waals surface area contributed by atoms with Gasteiger partial charge in [0.05, 0.1) is 18.4 Å². The predicted molar refractivity (Wildman–Crippen MR) is 128 cm³/mol. The van der Waals surface area contributed by atoms with Crippen LogP contribution in [-0.4, -0.2) is 50.6 Å². The summed E-state index contributed by atoms with van der Waals surface area (Å²) >= 11 is 0. The molecule has 10 heteroatoms. The molecule has 1 saturated carbocycles. The van der Waals surface area contributed by atoms with Crippen LogP contribution in [0.1, 0.15) is 56.8 Å². The first-order valence-corrected chi connectivity index (χ1v) is 11.4. The molecule has 0 radical (unpaired) electrons. The Labute approximate surface area is 198 Å². The summed E-state index contributed by atoms with van der Waals surface area (Å²) in [6.07, 6.45) is 6.20. The molecule has 0 saturated heterocycles. The molecule has 4 rings (SSSR count). The maximum atomic E-state index is 13.3. The number of pyridine rings is 1. The maximum absolute atomic E-state index is 13.3. The molecule has 3 heterocycles. The van der Waals surface area contributed by atoms with Crippen LogP contribution in [0.15, 0.2) is 30.7 Å². The highest BCUT2D eigenvalue weighted by Gasteiger charge is 2.29. The van der Waals surface area contributed by atoms with Crippen LogP contribution in [0.4, 0.5) is 5.82 Å². The minimum absolute atomic E-state index is 0.0144. The summed E-state index contributed by atoms with van der Waals surface area (Å²) in [6.45, 7) is 5.71. The van der Waals surface area contributed by atoms with Crippen LogP contribution in [-0.2, 0) is 4.79 Å². The van der Waals surface area contributed by atoms with Gasteiger partial charge in [0.2, 0.25) is 11.8 Å². The summed E-state index contributed by atoms with van der Waals surface area (Å²) in [5.74, 6) is 0.501. The van der Waals surface area contributed by atoms with Crippen LogP contribution < -0.4 is 21.1 Å². The first-order chi connectivity index (χ1) is 16.2. The Bertz CT molecular complexity index is 1210. The Balaban J connectivity index is 1.52. The topological polar surface area (TPSA) is 137 Å². The molecule has 2 amide bonds. The number of methoxy groups -OCH3 is 1. The van der Waals surface area contributed by atoms with Crippen molar-refractivity contribution in [3.63, 3.8) is 0 Å². The lowest BCUT2D eigenvalue weighted by molar-refractivity contribution is -0.129. The van der Waals surface area contributed by atoms with Crippen LogP contribution in [0.3, 0.4) is 0 Å². The summed E-state index contributed by atoms with van der Waals surface area (Å²) in [4.78, 5) is 33.8. The third-order valence-corrected chi connectivity index (χ3v) is 6.15. The Morgan fingerprint density at radius 1 is 1.09 bits per heavy atom. The summed E-state index contributed by atoms with van der Waals surface area (Å²) in [7, 11) is 1.55. The molecule has 0 unspecified atom stereocenters. The van der Waals surface area contributed by atoms with Gasteiger partial charge in [-0.15, -0.1) is 0 Å². The van der Waals surface area contributed by atoms with Gasteiger partial charge in [-0.1, -0.05) is 20.8 Å². The number of amides is 2. The summed E-state index contributed by atoms with van der Waals surface area (Å²) in [6, 6.07) is 5.50. The number of carbonyl (C=O) groups excluding carboxylic acids is 2. The van der Waals surface area contributed by atoms with Crippen molar-refractivity contribution >= 4 is 23.1 Å². The van der Waals surface area contributed by atoms with Gasteiger partial charge in [-0.3, -0.25) is 9.59 Å². The fourth-order valence-corrected chi connectivity index (χ4v) is 4.17. The van der Waals surface area contributed by atoms with Gasteiger partial charge in [-0.05, 0) is 37.8 Å². The highest BCUT2D eigenvalue weighted by Crippen LogP contribution is 2.29. The zero-order valence-electron chi connectivity index (χ0n) is 20.0. The van der Waals surface area contributed by atoms with Crippen molar-refractivity contribution in [2.45, 2.75) is 58.5 Å². The highest BCUT2D eigenvalue weighted by molar-refractivity contribution is 6.05. The van der Waals surface area contributed by atoms with Gasteiger partial charge in [0.1, 0.15) is 11.8 Å². The third kappa shape index (κ3) is 4.80. The van der Waals surface area contributed by atoms with Gasteiger partial charge < -0.3 is 21.1 Å². The lowest BCUT2D eigenvalue weighted by Gasteiger charge is -2.31. The number of nitrogens with two attached hydrogens (primary N) is 1. The predicted octanol–water partition coefficient (Wildman–Crippen LogP) is 2.59. The number of hydrogen-bond donors (Lipinski definition) is 3. The second kappa shape index (κ2) is 9.28.